The number of anilines is 1. The highest BCUT2D eigenvalue weighted by molar-refractivity contribution is 7.92. The number of rotatable bonds is 11. The van der Waals surface area contributed by atoms with Crippen molar-refractivity contribution in [3.8, 4) is 11.4 Å². The van der Waals surface area contributed by atoms with E-state index >= 15 is 0 Å². The van der Waals surface area contributed by atoms with E-state index in [4.69, 9.17) is 14.8 Å². The topological polar surface area (TPSA) is 149 Å². The lowest BCUT2D eigenvalue weighted by Crippen LogP contribution is -2.36. The van der Waals surface area contributed by atoms with Crippen molar-refractivity contribution in [3.05, 3.63) is 113 Å². The first kappa shape index (κ1) is 29.0. The molecule has 0 bridgehead atoms. The maximum Gasteiger partial charge on any atom is 0.264 e. The van der Waals surface area contributed by atoms with Crippen molar-refractivity contribution in [1.29, 1.82) is 0 Å². The molecule has 3 aromatic carbocycles. The summed E-state index contributed by atoms with van der Waals surface area (Å²) in [6.45, 7) is 1.80. The first-order chi connectivity index (χ1) is 20.2. The molecule has 3 N–H and O–H groups in total. The summed E-state index contributed by atoms with van der Waals surface area (Å²) in [6, 6.07) is 18.1. The van der Waals surface area contributed by atoms with Crippen LogP contribution in [0.5, 0.6) is 0 Å². The molecule has 1 unspecified atom stereocenters. The molecule has 0 spiro atoms. The van der Waals surface area contributed by atoms with E-state index < -0.39 is 27.8 Å². The molecule has 0 radical (unpaired) electrons. The lowest BCUT2D eigenvalue weighted by molar-refractivity contribution is 0.139. The van der Waals surface area contributed by atoms with Gasteiger partial charge < -0.3 is 19.9 Å². The van der Waals surface area contributed by atoms with E-state index in [0.29, 0.717) is 22.5 Å². The molecular weight excluding hydrogens is 568 g/mol. The molecule has 0 saturated carbocycles. The normalized spacial score (nSPS) is 12.4. The van der Waals surface area contributed by atoms with E-state index in [2.05, 4.69) is 15.3 Å². The van der Waals surface area contributed by atoms with E-state index in [9.17, 15) is 22.3 Å². The van der Waals surface area contributed by atoms with Crippen LogP contribution in [0.25, 0.3) is 11.4 Å². The molecule has 2 heterocycles. The summed E-state index contributed by atoms with van der Waals surface area (Å²) in [4.78, 5) is 4.30. The third kappa shape index (κ3) is 6.22. The molecule has 0 aliphatic carbocycles. The van der Waals surface area contributed by atoms with Gasteiger partial charge >= 0.3 is 0 Å². The first-order valence-corrected chi connectivity index (χ1v) is 14.4. The van der Waals surface area contributed by atoms with Gasteiger partial charge in [0, 0.05) is 31.1 Å². The zero-order chi connectivity index (χ0) is 29.9. The molecule has 0 fully saturated rings. The summed E-state index contributed by atoms with van der Waals surface area (Å²) in [7, 11) is -4.15. The third-order valence-corrected chi connectivity index (χ3v) is 8.39. The number of hydrogen-bond acceptors (Lipinski definition) is 9. The largest absolute Gasteiger partial charge is 0.385 e. The molecule has 0 aliphatic rings. The van der Waals surface area contributed by atoms with E-state index in [0.717, 1.165) is 12.1 Å². The molecule has 13 heteroatoms. The lowest BCUT2D eigenvalue weighted by atomic mass is 10.0. The van der Waals surface area contributed by atoms with Crippen LogP contribution >= 0.6 is 0 Å². The Labute approximate surface area is 240 Å². The number of aliphatic hydroxyl groups excluding tert-OH is 1. The SMILES string of the molecule is Cc1cc(C(O)Cc2cc(-c3noc(Cc4ccc(F)c(F)c4)n3)ccc2S(=O)(=O)N(CCN)c2ccccc2)on1. The number of aromatic nitrogens is 3. The molecule has 0 saturated heterocycles. The number of para-hydroxylation sites is 1. The number of halogens is 2. The number of hydrogen-bond donors (Lipinski definition) is 2. The van der Waals surface area contributed by atoms with Crippen LogP contribution in [0.15, 0.2) is 86.7 Å². The summed E-state index contributed by atoms with van der Waals surface area (Å²) in [5.74, 6) is -1.49. The second kappa shape index (κ2) is 12.2. The Morgan fingerprint density at radius 2 is 1.76 bits per heavy atom. The van der Waals surface area contributed by atoms with Crippen molar-refractivity contribution in [1.82, 2.24) is 15.3 Å². The van der Waals surface area contributed by atoms with Gasteiger partial charge in [0.2, 0.25) is 11.7 Å². The standard InChI is InChI=1S/C29H27F2N5O5S/c1-18-13-26(40-34-18)25(37)17-21-16-20(29-33-28(41-35-29)15-19-7-9-23(30)24(31)14-19)8-10-27(21)42(38,39)36(12-11-32)22-5-3-2-4-6-22/h2-10,13-14,16,25,37H,11-12,15,17,32H2,1H3. The lowest BCUT2D eigenvalue weighted by Gasteiger charge is -2.25. The monoisotopic (exact) mass is 595 g/mol. The number of nitrogens with zero attached hydrogens (tertiary/aromatic N) is 4. The number of aryl methyl sites for hydroxylation is 1. The van der Waals surface area contributed by atoms with Gasteiger partial charge in [-0.05, 0) is 60.5 Å². The van der Waals surface area contributed by atoms with Crippen molar-refractivity contribution < 1.29 is 31.4 Å². The molecule has 1 atom stereocenters. The maximum atomic E-state index is 14.0. The summed E-state index contributed by atoms with van der Waals surface area (Å²) in [6.07, 6.45) is -1.29. The summed E-state index contributed by atoms with van der Waals surface area (Å²) in [5.41, 5.74) is 7.88. The first-order valence-electron chi connectivity index (χ1n) is 12.9. The highest BCUT2D eigenvalue weighted by Crippen LogP contribution is 2.32. The fraction of sp³-hybridized carbons (Fsp3) is 0.207. The summed E-state index contributed by atoms with van der Waals surface area (Å²) in [5, 5.41) is 18.7. The highest BCUT2D eigenvalue weighted by Gasteiger charge is 2.29. The molecule has 0 amide bonds. The van der Waals surface area contributed by atoms with E-state index in [1.165, 1.54) is 22.5 Å². The van der Waals surface area contributed by atoms with Crippen LogP contribution in [0.2, 0.25) is 0 Å². The van der Waals surface area contributed by atoms with Gasteiger partial charge in [0.25, 0.3) is 10.0 Å². The minimum atomic E-state index is -4.15. The molecule has 5 aromatic rings. The molecule has 2 aromatic heterocycles. The fourth-order valence-electron chi connectivity index (χ4n) is 4.47. The molecule has 0 aliphatic heterocycles. The Kier molecular flexibility index (Phi) is 8.43. The Morgan fingerprint density at radius 3 is 2.45 bits per heavy atom. The summed E-state index contributed by atoms with van der Waals surface area (Å²) < 4.78 is 66.7. The van der Waals surface area contributed by atoms with Crippen LogP contribution in [-0.2, 0) is 22.9 Å². The van der Waals surface area contributed by atoms with Gasteiger partial charge in [-0.2, -0.15) is 4.98 Å². The van der Waals surface area contributed by atoms with Gasteiger partial charge in [-0.1, -0.05) is 34.6 Å². The summed E-state index contributed by atoms with van der Waals surface area (Å²) >= 11 is 0. The van der Waals surface area contributed by atoms with E-state index in [-0.39, 0.29) is 53.9 Å². The highest BCUT2D eigenvalue weighted by atomic mass is 32.2. The molecule has 42 heavy (non-hydrogen) atoms. The second-order valence-electron chi connectivity index (χ2n) is 9.55. The van der Waals surface area contributed by atoms with Gasteiger partial charge in [-0.3, -0.25) is 4.31 Å². The molecule has 218 valence electrons. The third-order valence-electron chi connectivity index (χ3n) is 6.46. The van der Waals surface area contributed by atoms with Gasteiger partial charge in [0.05, 0.1) is 22.7 Å². The fourth-order valence-corrected chi connectivity index (χ4v) is 6.16. The quantitative estimate of drug-likeness (QED) is 0.228. The van der Waals surface area contributed by atoms with Crippen molar-refractivity contribution >= 4 is 15.7 Å². The van der Waals surface area contributed by atoms with Crippen LogP contribution in [0.4, 0.5) is 14.5 Å². The van der Waals surface area contributed by atoms with Crippen LogP contribution in [0, 0.1) is 18.6 Å². The van der Waals surface area contributed by atoms with E-state index in [1.807, 2.05) is 0 Å². The van der Waals surface area contributed by atoms with Crippen molar-refractivity contribution in [2.75, 3.05) is 17.4 Å². The Hall–Kier alpha value is -4.46. The Bertz CT molecular complexity index is 1790. The second-order valence-corrected chi connectivity index (χ2v) is 11.4. The van der Waals surface area contributed by atoms with Crippen LogP contribution in [-0.4, -0.2) is 41.9 Å². The molecular formula is C29H27F2N5O5S. The van der Waals surface area contributed by atoms with Crippen molar-refractivity contribution in [3.63, 3.8) is 0 Å². The molecule has 10 nitrogen and oxygen atoms in total. The minimum Gasteiger partial charge on any atom is -0.385 e. The maximum absolute atomic E-state index is 14.0. The van der Waals surface area contributed by atoms with Crippen LogP contribution in [0.1, 0.15) is 34.6 Å². The van der Waals surface area contributed by atoms with Crippen LogP contribution in [0.3, 0.4) is 0 Å². The smallest absolute Gasteiger partial charge is 0.264 e. The van der Waals surface area contributed by atoms with E-state index in [1.54, 1.807) is 49.4 Å². The number of sulfonamides is 1. The average molecular weight is 596 g/mol. The van der Waals surface area contributed by atoms with Gasteiger partial charge in [-0.25, -0.2) is 17.2 Å². The number of nitrogens with two attached hydrogens (primary N) is 1. The molecule has 5 rings (SSSR count). The van der Waals surface area contributed by atoms with Gasteiger partial charge in [-0.15, -0.1) is 0 Å². The van der Waals surface area contributed by atoms with Gasteiger partial charge in [0.15, 0.2) is 17.4 Å². The Balaban J connectivity index is 1.53. The predicted octanol–water partition coefficient (Wildman–Crippen LogP) is 4.33. The number of benzene rings is 3. The average Bonchev–Trinajstić information content (AvgIpc) is 3.63. The Morgan fingerprint density at radius 1 is 0.976 bits per heavy atom. The predicted molar refractivity (Wildman–Crippen MR) is 149 cm³/mol. The zero-order valence-electron chi connectivity index (χ0n) is 22.4. The van der Waals surface area contributed by atoms with Crippen molar-refractivity contribution in [2.45, 2.75) is 30.8 Å². The van der Waals surface area contributed by atoms with Crippen LogP contribution < -0.4 is 10.0 Å². The van der Waals surface area contributed by atoms with Crippen molar-refractivity contribution in [2.24, 2.45) is 5.73 Å². The zero-order valence-corrected chi connectivity index (χ0v) is 23.3. The minimum absolute atomic E-state index is 0.0234. The van der Waals surface area contributed by atoms with Gasteiger partial charge in [0.1, 0.15) is 6.10 Å². The number of aliphatic hydroxyl groups is 1.